The quantitative estimate of drug-likeness (QED) is 0.809. The molecule has 0 spiro atoms. The molecule has 0 fully saturated rings. The van der Waals surface area contributed by atoms with Gasteiger partial charge < -0.3 is 0 Å². The van der Waals surface area contributed by atoms with Crippen LogP contribution in [0.1, 0.15) is 11.3 Å². The number of nitrogens with zero attached hydrogens (tertiary/aromatic N) is 1. The number of nitrogens with one attached hydrogen (secondary N) is 1. The minimum Gasteiger partial charge on any atom is -0.298 e. The summed E-state index contributed by atoms with van der Waals surface area (Å²) >= 11 is 11.7. The molecule has 0 saturated heterocycles. The van der Waals surface area contributed by atoms with Crippen LogP contribution in [0.25, 0.3) is 0 Å². The molecular weight excluding hydrogens is 243 g/mol. The van der Waals surface area contributed by atoms with Crippen LogP contribution in [0, 0.1) is 5.41 Å². The summed E-state index contributed by atoms with van der Waals surface area (Å²) in [4.78, 5) is 4.07. The number of rotatable bonds is 2. The number of pyridine rings is 1. The number of benzene rings is 1. The molecule has 0 aliphatic rings. The van der Waals surface area contributed by atoms with Crippen molar-refractivity contribution in [2.45, 2.75) is 0 Å². The fourth-order valence-electron chi connectivity index (χ4n) is 1.34. The van der Waals surface area contributed by atoms with Gasteiger partial charge in [-0.1, -0.05) is 53.5 Å². The van der Waals surface area contributed by atoms with E-state index in [-0.39, 0.29) is 0 Å². The third-order valence-corrected chi connectivity index (χ3v) is 2.60. The Morgan fingerprint density at radius 3 is 2.44 bits per heavy atom. The van der Waals surface area contributed by atoms with Crippen molar-refractivity contribution in [3.05, 3.63) is 63.9 Å². The van der Waals surface area contributed by atoms with Crippen molar-refractivity contribution >= 4 is 28.9 Å². The fourth-order valence-corrected chi connectivity index (χ4v) is 1.81. The maximum atomic E-state index is 7.99. The van der Waals surface area contributed by atoms with Gasteiger partial charge in [0, 0.05) is 11.8 Å². The van der Waals surface area contributed by atoms with E-state index < -0.39 is 0 Å². The minimum atomic E-state index is 0.294. The second-order valence-electron chi connectivity index (χ2n) is 3.22. The highest BCUT2D eigenvalue weighted by Crippen LogP contribution is 2.20. The van der Waals surface area contributed by atoms with Gasteiger partial charge in [0.25, 0.3) is 0 Å². The lowest BCUT2D eigenvalue weighted by molar-refractivity contribution is 1.27. The topological polar surface area (TPSA) is 36.7 Å². The first-order valence-corrected chi connectivity index (χ1v) is 5.39. The van der Waals surface area contributed by atoms with Crippen LogP contribution in [0.3, 0.4) is 0 Å². The smallest absolute Gasteiger partial charge is 0.107 e. The Morgan fingerprint density at radius 1 is 1.12 bits per heavy atom. The molecule has 2 nitrogen and oxygen atoms in total. The number of halogens is 2. The van der Waals surface area contributed by atoms with Gasteiger partial charge in [0.05, 0.1) is 15.8 Å². The van der Waals surface area contributed by atoms with Gasteiger partial charge in [-0.2, -0.15) is 0 Å². The van der Waals surface area contributed by atoms with Gasteiger partial charge in [-0.3, -0.25) is 10.4 Å². The molecule has 1 aromatic heterocycles. The van der Waals surface area contributed by atoms with E-state index in [1.807, 2.05) is 30.3 Å². The van der Waals surface area contributed by atoms with Gasteiger partial charge in [0.1, 0.15) is 5.69 Å². The summed E-state index contributed by atoms with van der Waals surface area (Å²) in [5, 5.41) is 8.85. The Labute approximate surface area is 103 Å². The molecule has 0 aliphatic heterocycles. The Bertz CT molecular complexity index is 524. The average Bonchev–Trinajstić information content (AvgIpc) is 2.29. The van der Waals surface area contributed by atoms with E-state index in [1.54, 1.807) is 6.07 Å². The summed E-state index contributed by atoms with van der Waals surface area (Å²) in [7, 11) is 0. The minimum absolute atomic E-state index is 0.294. The highest BCUT2D eigenvalue weighted by molar-refractivity contribution is 6.37. The summed E-state index contributed by atoms with van der Waals surface area (Å²) in [5.74, 6) is 0. The van der Waals surface area contributed by atoms with Gasteiger partial charge in [-0.25, -0.2) is 0 Å². The summed E-state index contributed by atoms with van der Waals surface area (Å²) < 4.78 is 0. The van der Waals surface area contributed by atoms with Crippen molar-refractivity contribution in [2.75, 3.05) is 0 Å². The van der Waals surface area contributed by atoms with E-state index in [9.17, 15) is 0 Å². The highest BCUT2D eigenvalue weighted by atomic mass is 35.5. The molecule has 0 unspecified atom stereocenters. The maximum Gasteiger partial charge on any atom is 0.107 e. The highest BCUT2D eigenvalue weighted by Gasteiger charge is 2.10. The second kappa shape index (κ2) is 4.64. The van der Waals surface area contributed by atoms with E-state index in [0.717, 1.165) is 5.56 Å². The van der Waals surface area contributed by atoms with Crippen molar-refractivity contribution < 1.29 is 0 Å². The molecule has 1 aromatic carbocycles. The zero-order chi connectivity index (χ0) is 11.5. The molecule has 0 bridgehead atoms. The average molecular weight is 251 g/mol. The molecule has 0 saturated carbocycles. The van der Waals surface area contributed by atoms with Gasteiger partial charge in [-0.15, -0.1) is 0 Å². The van der Waals surface area contributed by atoms with Crippen LogP contribution in [-0.2, 0) is 0 Å². The van der Waals surface area contributed by atoms with Crippen LogP contribution in [0.4, 0.5) is 0 Å². The van der Waals surface area contributed by atoms with Crippen molar-refractivity contribution in [1.29, 1.82) is 5.41 Å². The molecule has 1 N–H and O–H groups in total. The lowest BCUT2D eigenvalue weighted by atomic mass is 10.1. The third-order valence-electron chi connectivity index (χ3n) is 2.11. The molecule has 0 aliphatic carbocycles. The van der Waals surface area contributed by atoms with Gasteiger partial charge >= 0.3 is 0 Å². The van der Waals surface area contributed by atoms with Crippen molar-refractivity contribution in [2.24, 2.45) is 0 Å². The molecule has 1 heterocycles. The zero-order valence-electron chi connectivity index (χ0n) is 8.24. The molecule has 80 valence electrons. The fraction of sp³-hybridized carbons (Fsp3) is 0. The molecule has 4 heteroatoms. The molecular formula is C12H8Cl2N2. The molecule has 0 radical (unpaired) electrons. The number of aromatic nitrogens is 1. The van der Waals surface area contributed by atoms with Crippen LogP contribution < -0.4 is 0 Å². The van der Waals surface area contributed by atoms with Crippen LogP contribution in [0.2, 0.25) is 10.0 Å². The molecule has 2 rings (SSSR count). The Kier molecular flexibility index (Phi) is 3.22. The Balaban J connectivity index is 2.42. The van der Waals surface area contributed by atoms with Crippen molar-refractivity contribution in [3.63, 3.8) is 0 Å². The summed E-state index contributed by atoms with van der Waals surface area (Å²) in [6.07, 6.45) is 1.49. The van der Waals surface area contributed by atoms with Crippen LogP contribution in [0.15, 0.2) is 42.6 Å². The third kappa shape index (κ3) is 2.23. The van der Waals surface area contributed by atoms with Crippen LogP contribution in [0.5, 0.6) is 0 Å². The summed E-state index contributed by atoms with van der Waals surface area (Å²) in [6.45, 7) is 0. The van der Waals surface area contributed by atoms with E-state index in [4.69, 9.17) is 28.6 Å². The lowest BCUT2D eigenvalue weighted by Crippen LogP contribution is -2.04. The second-order valence-corrected chi connectivity index (χ2v) is 4.07. The lowest BCUT2D eigenvalue weighted by Gasteiger charge is -2.05. The van der Waals surface area contributed by atoms with Crippen LogP contribution in [-0.4, -0.2) is 10.7 Å². The Morgan fingerprint density at radius 2 is 1.81 bits per heavy atom. The SMILES string of the molecule is N=C(c1ccccc1)c1ncc(Cl)cc1Cl. The number of hydrogen-bond donors (Lipinski definition) is 1. The first-order valence-electron chi connectivity index (χ1n) is 4.64. The van der Waals surface area contributed by atoms with E-state index in [1.165, 1.54) is 6.20 Å². The van der Waals surface area contributed by atoms with Gasteiger partial charge in [0.2, 0.25) is 0 Å². The molecule has 0 amide bonds. The van der Waals surface area contributed by atoms with Crippen molar-refractivity contribution in [1.82, 2.24) is 4.98 Å². The van der Waals surface area contributed by atoms with Crippen LogP contribution >= 0.6 is 23.2 Å². The standard InChI is InChI=1S/C12H8Cl2N2/c13-9-6-10(14)12(16-7-9)11(15)8-4-2-1-3-5-8/h1-7,15H. The summed E-state index contributed by atoms with van der Waals surface area (Å²) in [5.41, 5.74) is 1.51. The summed E-state index contributed by atoms with van der Waals surface area (Å²) in [6, 6.07) is 10.9. The normalized spacial score (nSPS) is 10.1. The van der Waals surface area contributed by atoms with Gasteiger partial charge in [-0.05, 0) is 6.07 Å². The number of hydrogen-bond acceptors (Lipinski definition) is 2. The first-order chi connectivity index (χ1) is 7.68. The van der Waals surface area contributed by atoms with Gasteiger partial charge in [0.15, 0.2) is 0 Å². The largest absolute Gasteiger partial charge is 0.298 e. The predicted molar refractivity (Wildman–Crippen MR) is 66.6 cm³/mol. The first kappa shape index (κ1) is 11.1. The van der Waals surface area contributed by atoms with E-state index >= 15 is 0 Å². The molecule has 16 heavy (non-hydrogen) atoms. The predicted octanol–water partition coefficient (Wildman–Crippen LogP) is 3.80. The van der Waals surface area contributed by atoms with Crippen molar-refractivity contribution in [3.8, 4) is 0 Å². The van der Waals surface area contributed by atoms with E-state index in [2.05, 4.69) is 4.98 Å². The molecule has 0 atom stereocenters. The monoisotopic (exact) mass is 250 g/mol. The maximum absolute atomic E-state index is 7.99. The molecule has 2 aromatic rings. The Hall–Kier alpha value is -1.38. The van der Waals surface area contributed by atoms with E-state index in [0.29, 0.717) is 21.5 Å². The zero-order valence-corrected chi connectivity index (χ0v) is 9.76.